The summed E-state index contributed by atoms with van der Waals surface area (Å²) < 4.78 is 67.5. The van der Waals surface area contributed by atoms with Gasteiger partial charge in [-0.05, 0) is 49.2 Å². The van der Waals surface area contributed by atoms with Gasteiger partial charge in [-0.1, -0.05) is 43.3 Å². The molecule has 3 heterocycles. The lowest BCUT2D eigenvalue weighted by Gasteiger charge is -2.15. The van der Waals surface area contributed by atoms with Crippen LogP contribution in [0.2, 0.25) is 0 Å². The molecule has 0 spiro atoms. The minimum absolute atomic E-state index is 0.0741. The van der Waals surface area contributed by atoms with Crippen molar-refractivity contribution in [2.24, 2.45) is 0 Å². The fourth-order valence-corrected chi connectivity index (χ4v) is 4.48. The third kappa shape index (κ3) is 6.58. The first-order valence-corrected chi connectivity index (χ1v) is 13.4. The molecule has 0 aliphatic carbocycles. The van der Waals surface area contributed by atoms with Gasteiger partial charge in [-0.2, -0.15) is 21.6 Å². The number of alkyl halides is 3. The number of nitrogens with zero attached hydrogens (tertiary/aromatic N) is 4. The van der Waals surface area contributed by atoms with E-state index in [4.69, 9.17) is 4.55 Å². The highest BCUT2D eigenvalue weighted by Gasteiger charge is 2.30. The molecule has 0 bridgehead atoms. The highest BCUT2D eigenvalue weighted by molar-refractivity contribution is 7.85. The Hall–Kier alpha value is -4.42. The molecule has 12 heteroatoms. The molecule has 0 aliphatic rings. The minimum atomic E-state index is -4.43. The second-order valence-electron chi connectivity index (χ2n) is 8.56. The van der Waals surface area contributed by atoms with Crippen LogP contribution in [0.15, 0.2) is 90.3 Å². The van der Waals surface area contributed by atoms with Crippen LogP contribution < -0.4 is 5.32 Å². The fourth-order valence-electron chi connectivity index (χ4n) is 3.98. The maximum atomic E-state index is 12.7. The molecule has 2 N–H and O–H groups in total. The van der Waals surface area contributed by atoms with Crippen LogP contribution in [0.5, 0.6) is 0 Å². The number of halogens is 3. The number of aryl methyl sites for hydroxylation is 1. The molecule has 206 valence electrons. The van der Waals surface area contributed by atoms with E-state index in [1.165, 1.54) is 24.5 Å². The predicted octanol–water partition coefficient (Wildman–Crippen LogP) is 6.65. The van der Waals surface area contributed by atoms with Gasteiger partial charge in [0.15, 0.2) is 0 Å². The number of pyridine rings is 2. The van der Waals surface area contributed by atoms with Crippen molar-refractivity contribution in [3.05, 3.63) is 102 Å². The molecule has 0 aliphatic heterocycles. The van der Waals surface area contributed by atoms with Crippen molar-refractivity contribution in [1.29, 1.82) is 0 Å². The normalized spacial score (nSPS) is 11.6. The Balaban J connectivity index is 0.000000312. The van der Waals surface area contributed by atoms with Gasteiger partial charge in [0.25, 0.3) is 10.1 Å². The minimum Gasteiger partial charge on any atom is -0.325 e. The number of hydrogen-bond donors (Lipinski definition) is 2. The molecule has 3 aromatic heterocycles. The Bertz CT molecular complexity index is 1730. The van der Waals surface area contributed by atoms with E-state index in [1.807, 2.05) is 31.2 Å². The zero-order valence-corrected chi connectivity index (χ0v) is 22.2. The molecule has 0 atom stereocenters. The Kier molecular flexibility index (Phi) is 8.40. The lowest BCUT2D eigenvalue weighted by Crippen LogP contribution is -2.07. The largest absolute Gasteiger partial charge is 0.417 e. The zero-order valence-electron chi connectivity index (χ0n) is 21.4. The van der Waals surface area contributed by atoms with Gasteiger partial charge in [0.1, 0.15) is 18.0 Å². The zero-order chi connectivity index (χ0) is 28.9. The van der Waals surface area contributed by atoms with E-state index in [9.17, 15) is 21.6 Å². The van der Waals surface area contributed by atoms with E-state index < -0.39 is 21.9 Å². The summed E-state index contributed by atoms with van der Waals surface area (Å²) in [7, 11) is -4.00. The number of rotatable bonds is 5. The number of fused-ring (bicyclic) bond motifs is 1. The summed E-state index contributed by atoms with van der Waals surface area (Å²) in [6, 6.07) is 17.6. The molecule has 5 aromatic rings. The number of aromatic nitrogens is 4. The molecule has 5 rings (SSSR count). The van der Waals surface area contributed by atoms with Gasteiger partial charge in [-0.3, -0.25) is 9.54 Å². The van der Waals surface area contributed by atoms with E-state index in [0.29, 0.717) is 5.82 Å². The van der Waals surface area contributed by atoms with E-state index in [1.54, 1.807) is 24.4 Å². The van der Waals surface area contributed by atoms with E-state index in [-0.39, 0.29) is 10.7 Å². The Morgan fingerprint density at radius 2 is 1.65 bits per heavy atom. The van der Waals surface area contributed by atoms with Crippen LogP contribution in [0.4, 0.5) is 24.8 Å². The molecular formula is C28H24F3N5O3S. The number of benzene rings is 2. The fraction of sp³-hybridized carbons (Fsp3) is 0.143. The van der Waals surface area contributed by atoms with Crippen LogP contribution in [0.25, 0.3) is 22.2 Å². The van der Waals surface area contributed by atoms with Gasteiger partial charge < -0.3 is 5.32 Å². The van der Waals surface area contributed by atoms with Gasteiger partial charge in [0, 0.05) is 28.9 Å². The number of nitrogens with one attached hydrogen (secondary N) is 1. The molecule has 0 radical (unpaired) electrons. The van der Waals surface area contributed by atoms with Crippen LogP contribution in [-0.4, -0.2) is 32.9 Å². The van der Waals surface area contributed by atoms with E-state index in [2.05, 4.69) is 32.2 Å². The van der Waals surface area contributed by atoms with Crippen LogP contribution in [0.3, 0.4) is 0 Å². The first-order chi connectivity index (χ1) is 19.0. The summed E-state index contributed by atoms with van der Waals surface area (Å²) in [6.07, 6.45) is 0.336. The highest BCUT2D eigenvalue weighted by atomic mass is 32.2. The van der Waals surface area contributed by atoms with E-state index >= 15 is 0 Å². The lowest BCUT2D eigenvalue weighted by atomic mass is 9.96. The number of hydrogen-bond acceptors (Lipinski definition) is 7. The van der Waals surface area contributed by atoms with Crippen LogP contribution >= 0.6 is 0 Å². The standard InChI is InChI=1S/C22H18F3N5.C6H6O3S/c1-3-16-17(8-6-14-5-4-10-26-20(14)16)19-13(2)21(29-12-28-19)30-18-9-7-15(11-27-18)22(23,24)25;7-10(8,9)6-4-2-1-3-5-6/h4-12H,3H2,1-2H3,(H,27,28,29,30);1-5H,(H,7,8,9). The first-order valence-electron chi connectivity index (χ1n) is 12.0. The quantitative estimate of drug-likeness (QED) is 0.227. The van der Waals surface area contributed by atoms with Crippen molar-refractivity contribution in [2.75, 3.05) is 5.32 Å². The molecule has 0 saturated heterocycles. The maximum Gasteiger partial charge on any atom is 0.417 e. The van der Waals surface area contributed by atoms with Gasteiger partial charge in [-0.15, -0.1) is 0 Å². The average molecular weight is 568 g/mol. The van der Waals surface area contributed by atoms with Crippen molar-refractivity contribution < 1.29 is 26.1 Å². The lowest BCUT2D eigenvalue weighted by molar-refractivity contribution is -0.137. The summed E-state index contributed by atoms with van der Waals surface area (Å²) >= 11 is 0. The third-order valence-electron chi connectivity index (χ3n) is 5.95. The number of anilines is 2. The van der Waals surface area contributed by atoms with E-state index in [0.717, 1.165) is 52.0 Å². The van der Waals surface area contributed by atoms with Gasteiger partial charge in [0.05, 0.1) is 21.7 Å². The Morgan fingerprint density at radius 1 is 0.900 bits per heavy atom. The third-order valence-corrected chi connectivity index (χ3v) is 6.82. The monoisotopic (exact) mass is 567 g/mol. The second kappa shape index (κ2) is 11.8. The van der Waals surface area contributed by atoms with Crippen LogP contribution in [0, 0.1) is 6.92 Å². The Morgan fingerprint density at radius 3 is 2.25 bits per heavy atom. The topological polar surface area (TPSA) is 118 Å². The highest BCUT2D eigenvalue weighted by Crippen LogP contribution is 2.33. The molecule has 0 fully saturated rings. The van der Waals surface area contributed by atoms with Crippen molar-refractivity contribution in [2.45, 2.75) is 31.3 Å². The molecular weight excluding hydrogens is 543 g/mol. The van der Waals surface area contributed by atoms with Crippen molar-refractivity contribution >= 4 is 32.7 Å². The van der Waals surface area contributed by atoms with Crippen LogP contribution in [0.1, 0.15) is 23.6 Å². The first kappa shape index (κ1) is 28.6. The van der Waals surface area contributed by atoms with Crippen molar-refractivity contribution in [3.8, 4) is 11.3 Å². The molecule has 8 nitrogen and oxygen atoms in total. The van der Waals surface area contributed by atoms with Crippen molar-refractivity contribution in [1.82, 2.24) is 19.9 Å². The molecule has 0 amide bonds. The summed E-state index contributed by atoms with van der Waals surface area (Å²) in [4.78, 5) is 17.0. The van der Waals surface area contributed by atoms with Gasteiger partial charge in [0.2, 0.25) is 0 Å². The summed E-state index contributed by atoms with van der Waals surface area (Å²) in [6.45, 7) is 3.93. The molecule has 0 saturated carbocycles. The molecule has 0 unspecified atom stereocenters. The predicted molar refractivity (Wildman–Crippen MR) is 146 cm³/mol. The Labute approximate surface area is 228 Å². The summed E-state index contributed by atoms with van der Waals surface area (Å²) in [5.74, 6) is 0.752. The molecule has 2 aromatic carbocycles. The van der Waals surface area contributed by atoms with Gasteiger partial charge >= 0.3 is 6.18 Å². The van der Waals surface area contributed by atoms with Crippen molar-refractivity contribution in [3.63, 3.8) is 0 Å². The average Bonchev–Trinajstić information content (AvgIpc) is 2.94. The molecule has 40 heavy (non-hydrogen) atoms. The summed E-state index contributed by atoms with van der Waals surface area (Å²) in [5, 5.41) is 4.04. The summed E-state index contributed by atoms with van der Waals surface area (Å²) in [5.41, 5.74) is 3.66. The van der Waals surface area contributed by atoms with Gasteiger partial charge in [-0.25, -0.2) is 15.0 Å². The smallest absolute Gasteiger partial charge is 0.325 e. The SMILES string of the molecule is CCc1c(-c2ncnc(Nc3ccc(C(F)(F)F)cn3)c2C)ccc2cccnc12.O=S(=O)(O)c1ccccc1. The maximum absolute atomic E-state index is 12.7. The van der Waals surface area contributed by atoms with Crippen LogP contribution in [-0.2, 0) is 22.7 Å². The second-order valence-corrected chi connectivity index (χ2v) is 9.98.